The lowest BCUT2D eigenvalue weighted by molar-refractivity contribution is -0.130. The van der Waals surface area contributed by atoms with Gasteiger partial charge in [-0.05, 0) is 31.2 Å². The van der Waals surface area contributed by atoms with Crippen LogP contribution in [0, 0.1) is 5.82 Å². The molecule has 2 atom stereocenters. The van der Waals surface area contributed by atoms with Gasteiger partial charge in [-0.2, -0.15) is 0 Å². The second kappa shape index (κ2) is 7.79. The molecule has 0 spiro atoms. The van der Waals surface area contributed by atoms with E-state index in [1.54, 1.807) is 38.3 Å². The Hall–Kier alpha value is -3.40. The molecule has 0 saturated heterocycles. The molecule has 2 unspecified atom stereocenters. The Balaban J connectivity index is 1.87. The molecule has 0 radical (unpaired) electrons. The number of hydrogen-bond donors (Lipinski definition) is 3. The van der Waals surface area contributed by atoms with Crippen LogP contribution in [0.4, 0.5) is 4.39 Å². The summed E-state index contributed by atoms with van der Waals surface area (Å²) >= 11 is 0. The van der Waals surface area contributed by atoms with E-state index in [0.29, 0.717) is 35.1 Å². The molecule has 10 heteroatoms. The van der Waals surface area contributed by atoms with Gasteiger partial charge in [-0.3, -0.25) is 14.6 Å². The van der Waals surface area contributed by atoms with Crippen LogP contribution in [0.5, 0.6) is 5.75 Å². The zero-order valence-electron chi connectivity index (χ0n) is 16.9. The maximum atomic E-state index is 14.1. The van der Waals surface area contributed by atoms with Crippen LogP contribution in [0.25, 0.3) is 0 Å². The predicted molar refractivity (Wildman–Crippen MR) is 108 cm³/mol. The first-order valence-electron chi connectivity index (χ1n) is 9.58. The number of amidine groups is 1. The molecule has 0 saturated carbocycles. The van der Waals surface area contributed by atoms with Crippen LogP contribution in [0.15, 0.2) is 46.9 Å². The molecule has 30 heavy (non-hydrogen) atoms. The Morgan fingerprint density at radius 1 is 1.37 bits per heavy atom. The zero-order chi connectivity index (χ0) is 21.4. The molecule has 2 bridgehead atoms. The van der Waals surface area contributed by atoms with Crippen molar-refractivity contribution in [2.24, 2.45) is 4.99 Å². The van der Waals surface area contributed by atoms with Crippen LogP contribution < -0.4 is 20.8 Å². The maximum Gasteiger partial charge on any atom is 0.252 e. The fraction of sp³-hybridized carbons (Fsp3) is 0.350. The van der Waals surface area contributed by atoms with Gasteiger partial charge >= 0.3 is 0 Å². The number of nitrogens with zero attached hydrogens (tertiary/aromatic N) is 3. The van der Waals surface area contributed by atoms with E-state index in [-0.39, 0.29) is 18.4 Å². The summed E-state index contributed by atoms with van der Waals surface area (Å²) in [5.74, 6) is 0.186. The molecule has 1 aromatic rings. The number of hydrogen-bond acceptors (Lipinski definition) is 7. The van der Waals surface area contributed by atoms with Gasteiger partial charge in [0.25, 0.3) is 11.8 Å². The van der Waals surface area contributed by atoms with E-state index in [2.05, 4.69) is 21.1 Å². The van der Waals surface area contributed by atoms with Gasteiger partial charge in [0.2, 0.25) is 0 Å². The summed E-state index contributed by atoms with van der Waals surface area (Å²) in [5.41, 5.74) is 3.91. The Morgan fingerprint density at radius 2 is 2.17 bits per heavy atom. The summed E-state index contributed by atoms with van der Waals surface area (Å²) in [6.07, 6.45) is 2.98. The summed E-state index contributed by atoms with van der Waals surface area (Å²) in [6.45, 7) is 2.37. The highest BCUT2D eigenvalue weighted by molar-refractivity contribution is 6.00. The first-order chi connectivity index (χ1) is 14.3. The molecule has 3 aliphatic rings. The van der Waals surface area contributed by atoms with Crippen LogP contribution in [-0.4, -0.2) is 60.8 Å². The van der Waals surface area contributed by atoms with E-state index in [1.807, 2.05) is 0 Å². The van der Waals surface area contributed by atoms with E-state index >= 15 is 0 Å². The van der Waals surface area contributed by atoms with Crippen molar-refractivity contribution in [3.05, 3.63) is 53.2 Å². The summed E-state index contributed by atoms with van der Waals surface area (Å²) in [4.78, 5) is 31.6. The molecule has 3 aliphatic heterocycles. The molecule has 3 heterocycles. The number of hydrazine groups is 1. The molecule has 2 amide bonds. The van der Waals surface area contributed by atoms with Gasteiger partial charge in [0, 0.05) is 32.4 Å². The summed E-state index contributed by atoms with van der Waals surface area (Å²) in [7, 11) is 3.23. The minimum atomic E-state index is -1.03. The van der Waals surface area contributed by atoms with Gasteiger partial charge in [0.1, 0.15) is 29.3 Å². The largest absolute Gasteiger partial charge is 0.488 e. The monoisotopic (exact) mass is 414 g/mol. The first kappa shape index (κ1) is 19.9. The molecule has 3 N–H and O–H groups in total. The fourth-order valence-electron chi connectivity index (χ4n) is 3.39. The normalized spacial score (nSPS) is 23.1. The second-order valence-corrected chi connectivity index (χ2v) is 7.44. The number of fused-ring (bicyclic) bond motifs is 2. The molecule has 1 aromatic carbocycles. The van der Waals surface area contributed by atoms with Crippen molar-refractivity contribution < 1.29 is 18.7 Å². The number of ether oxygens (including phenoxy) is 1. The number of carbonyl (C=O) groups excluding carboxylic acids is 2. The van der Waals surface area contributed by atoms with Crippen molar-refractivity contribution in [3.8, 4) is 5.75 Å². The number of halogens is 1. The highest BCUT2D eigenvalue weighted by Gasteiger charge is 2.32. The Bertz CT molecular complexity index is 987. The van der Waals surface area contributed by atoms with Crippen LogP contribution in [0.1, 0.15) is 18.5 Å². The smallest absolute Gasteiger partial charge is 0.252 e. The average Bonchev–Trinajstić information content (AvgIpc) is 3.14. The predicted octanol–water partition coefficient (Wildman–Crippen LogP) is 0.399. The summed E-state index contributed by atoms with van der Waals surface area (Å²) in [6, 6.07) is 2.98. The lowest BCUT2D eigenvalue weighted by atomic mass is 10.0. The van der Waals surface area contributed by atoms with Gasteiger partial charge in [0.05, 0.1) is 12.1 Å². The van der Waals surface area contributed by atoms with Gasteiger partial charge in [-0.15, -0.1) is 0 Å². The first-order valence-corrected chi connectivity index (χ1v) is 9.58. The Morgan fingerprint density at radius 3 is 2.93 bits per heavy atom. The van der Waals surface area contributed by atoms with Gasteiger partial charge in [-0.25, -0.2) is 14.8 Å². The van der Waals surface area contributed by atoms with E-state index in [4.69, 9.17) is 4.74 Å². The van der Waals surface area contributed by atoms with Crippen molar-refractivity contribution >= 4 is 17.6 Å². The van der Waals surface area contributed by atoms with Crippen molar-refractivity contribution in [1.82, 2.24) is 26.0 Å². The molecule has 158 valence electrons. The van der Waals surface area contributed by atoms with E-state index in [1.165, 1.54) is 23.1 Å². The number of carbonyl (C=O) groups is 2. The summed E-state index contributed by atoms with van der Waals surface area (Å²) in [5, 5.41) is 7.64. The summed E-state index contributed by atoms with van der Waals surface area (Å²) < 4.78 is 20.1. The number of likely N-dealkylation sites (N-methyl/N-ethyl adjacent to an activating group) is 1. The molecular weight excluding hydrogens is 391 g/mol. The van der Waals surface area contributed by atoms with Crippen molar-refractivity contribution in [2.75, 3.05) is 27.2 Å². The molecule has 0 fully saturated rings. The molecule has 4 rings (SSSR count). The van der Waals surface area contributed by atoms with E-state index < -0.39 is 18.0 Å². The third kappa shape index (κ3) is 3.73. The molecular formula is C20H23FN6O3. The Labute approximate surface area is 173 Å². The van der Waals surface area contributed by atoms with E-state index in [9.17, 15) is 14.0 Å². The highest BCUT2D eigenvalue weighted by atomic mass is 19.1. The molecule has 9 nitrogen and oxygen atoms in total. The minimum absolute atomic E-state index is 0.238. The van der Waals surface area contributed by atoms with Gasteiger partial charge < -0.3 is 20.3 Å². The van der Waals surface area contributed by atoms with Crippen LogP contribution in [0.3, 0.4) is 0 Å². The van der Waals surface area contributed by atoms with Gasteiger partial charge in [-0.1, -0.05) is 0 Å². The zero-order valence-corrected chi connectivity index (χ0v) is 16.9. The molecule has 0 aliphatic carbocycles. The number of nitrogens with one attached hydrogen (secondary N) is 3. The number of rotatable bonds is 1. The lowest BCUT2D eigenvalue weighted by Crippen LogP contribution is -2.39. The van der Waals surface area contributed by atoms with Crippen LogP contribution in [0.2, 0.25) is 0 Å². The van der Waals surface area contributed by atoms with Gasteiger partial charge in [0.15, 0.2) is 6.04 Å². The minimum Gasteiger partial charge on any atom is -0.488 e. The van der Waals surface area contributed by atoms with Crippen LogP contribution >= 0.6 is 0 Å². The third-order valence-electron chi connectivity index (χ3n) is 4.94. The van der Waals surface area contributed by atoms with Crippen molar-refractivity contribution in [3.63, 3.8) is 0 Å². The number of amides is 2. The Kier molecular flexibility index (Phi) is 5.17. The third-order valence-corrected chi connectivity index (χ3v) is 4.94. The molecule has 0 aromatic heterocycles. The number of aliphatic imine (C=N–C) groups is 1. The maximum absolute atomic E-state index is 14.1. The van der Waals surface area contributed by atoms with Crippen molar-refractivity contribution in [1.29, 1.82) is 0 Å². The van der Waals surface area contributed by atoms with Crippen molar-refractivity contribution in [2.45, 2.75) is 19.1 Å². The second-order valence-electron chi connectivity index (χ2n) is 7.44. The standard InChI is InChI=1S/C20H23FN6O3/c1-11-9-22-19(28)14-10-23-27-7-6-16(25-18(14)27)24-17(20(29)26(2)3)13-8-12(21)4-5-15(13)30-11/h4-8,11,17,23H,9-10H2,1-3H3,(H,22,28)(H,24,25). The lowest BCUT2D eigenvalue weighted by Gasteiger charge is -2.26. The SMILES string of the molecule is CC1CNC(=O)C2=C3NC(=NC(C(=O)N(C)C)c4cc(F)ccc4O1)C=CN3NC2. The quantitative estimate of drug-likeness (QED) is 0.616. The topological polar surface area (TPSA) is 98.3 Å². The fourth-order valence-corrected chi connectivity index (χ4v) is 3.39. The highest BCUT2D eigenvalue weighted by Crippen LogP contribution is 2.31. The number of benzene rings is 1. The van der Waals surface area contributed by atoms with Crippen LogP contribution in [-0.2, 0) is 9.59 Å². The van der Waals surface area contributed by atoms with E-state index in [0.717, 1.165) is 0 Å². The average molecular weight is 414 g/mol.